The molecule has 0 unspecified atom stereocenters. The van der Waals surface area contributed by atoms with Crippen molar-refractivity contribution in [1.29, 1.82) is 0 Å². The van der Waals surface area contributed by atoms with Crippen LogP contribution >= 0.6 is 0 Å². The second-order valence-electron chi connectivity index (χ2n) is 7.11. The minimum absolute atomic E-state index is 0.0498. The SMILES string of the molecule is Cc1ccc(OCCN2C(=O)COc3cc(NC(=O)c4ccccc4F)ccc32)cc1. The number of aryl methyl sites for hydroxylation is 1. The molecule has 31 heavy (non-hydrogen) atoms. The molecule has 3 aromatic carbocycles. The van der Waals surface area contributed by atoms with Gasteiger partial charge in [0.1, 0.15) is 23.9 Å². The van der Waals surface area contributed by atoms with E-state index in [4.69, 9.17) is 9.47 Å². The molecular formula is C24H21FN2O4. The van der Waals surface area contributed by atoms with Crippen LogP contribution in [0.25, 0.3) is 0 Å². The van der Waals surface area contributed by atoms with Crippen molar-refractivity contribution >= 4 is 23.2 Å². The van der Waals surface area contributed by atoms with E-state index >= 15 is 0 Å². The summed E-state index contributed by atoms with van der Waals surface area (Å²) >= 11 is 0. The van der Waals surface area contributed by atoms with Crippen molar-refractivity contribution in [1.82, 2.24) is 0 Å². The number of rotatable bonds is 6. The number of benzene rings is 3. The highest BCUT2D eigenvalue weighted by atomic mass is 19.1. The highest BCUT2D eigenvalue weighted by Gasteiger charge is 2.26. The standard InChI is InChI=1S/C24H21FN2O4/c1-16-6-9-18(10-7-16)30-13-12-27-21-11-8-17(14-22(21)31-15-23(27)28)26-24(29)19-4-2-3-5-20(19)25/h2-11,14H,12-13,15H2,1H3,(H,26,29). The molecule has 0 bridgehead atoms. The summed E-state index contributed by atoms with van der Waals surface area (Å²) < 4.78 is 25.1. The largest absolute Gasteiger partial charge is 0.492 e. The van der Waals surface area contributed by atoms with E-state index in [0.29, 0.717) is 30.3 Å². The molecule has 0 saturated carbocycles. The van der Waals surface area contributed by atoms with Gasteiger partial charge >= 0.3 is 0 Å². The Kier molecular flexibility index (Phi) is 5.84. The molecule has 1 N–H and O–H groups in total. The van der Waals surface area contributed by atoms with E-state index in [1.165, 1.54) is 18.2 Å². The minimum Gasteiger partial charge on any atom is -0.492 e. The summed E-state index contributed by atoms with van der Waals surface area (Å²) in [6.45, 7) is 2.56. The van der Waals surface area contributed by atoms with Crippen LogP contribution in [0.1, 0.15) is 15.9 Å². The van der Waals surface area contributed by atoms with Gasteiger partial charge in [-0.2, -0.15) is 0 Å². The lowest BCUT2D eigenvalue weighted by Gasteiger charge is -2.29. The lowest BCUT2D eigenvalue weighted by molar-refractivity contribution is -0.121. The second kappa shape index (κ2) is 8.87. The zero-order chi connectivity index (χ0) is 21.8. The Balaban J connectivity index is 1.44. The molecule has 0 aliphatic carbocycles. The Hall–Kier alpha value is -3.87. The van der Waals surface area contributed by atoms with Gasteiger partial charge < -0.3 is 19.7 Å². The van der Waals surface area contributed by atoms with Crippen LogP contribution in [-0.2, 0) is 4.79 Å². The third kappa shape index (κ3) is 4.66. The van der Waals surface area contributed by atoms with Crippen LogP contribution < -0.4 is 19.7 Å². The normalized spacial score (nSPS) is 12.7. The van der Waals surface area contributed by atoms with Crippen molar-refractivity contribution in [3.05, 3.63) is 83.7 Å². The lowest BCUT2D eigenvalue weighted by Crippen LogP contribution is -2.41. The Labute approximate surface area is 179 Å². The highest BCUT2D eigenvalue weighted by molar-refractivity contribution is 6.05. The topological polar surface area (TPSA) is 67.9 Å². The Morgan fingerprint density at radius 3 is 2.68 bits per heavy atom. The molecule has 1 heterocycles. The number of amides is 2. The van der Waals surface area contributed by atoms with Gasteiger partial charge in [-0.1, -0.05) is 29.8 Å². The van der Waals surface area contributed by atoms with Crippen molar-refractivity contribution in [3.8, 4) is 11.5 Å². The number of carbonyl (C=O) groups is 2. The maximum atomic E-state index is 13.8. The van der Waals surface area contributed by atoms with Crippen molar-refractivity contribution in [3.63, 3.8) is 0 Å². The van der Waals surface area contributed by atoms with E-state index in [2.05, 4.69) is 5.32 Å². The first-order valence-electron chi connectivity index (χ1n) is 9.84. The number of carbonyl (C=O) groups excluding carboxylic acids is 2. The molecule has 0 spiro atoms. The molecule has 1 aliphatic heterocycles. The predicted octanol–water partition coefficient (Wildman–Crippen LogP) is 4.19. The molecule has 1 aliphatic rings. The number of anilines is 2. The lowest BCUT2D eigenvalue weighted by atomic mass is 10.1. The van der Waals surface area contributed by atoms with Gasteiger partial charge in [-0.15, -0.1) is 0 Å². The van der Waals surface area contributed by atoms with Gasteiger partial charge in [0.2, 0.25) is 0 Å². The quantitative estimate of drug-likeness (QED) is 0.649. The summed E-state index contributed by atoms with van der Waals surface area (Å²) in [6.07, 6.45) is 0. The first-order valence-corrected chi connectivity index (χ1v) is 9.84. The molecule has 0 aromatic heterocycles. The molecule has 0 radical (unpaired) electrons. The fourth-order valence-corrected chi connectivity index (χ4v) is 3.26. The molecule has 2 amide bonds. The Bertz CT molecular complexity index is 1110. The Morgan fingerprint density at radius 1 is 1.13 bits per heavy atom. The van der Waals surface area contributed by atoms with Crippen LogP contribution in [0.15, 0.2) is 66.7 Å². The average Bonchev–Trinajstić information content (AvgIpc) is 2.77. The second-order valence-corrected chi connectivity index (χ2v) is 7.11. The van der Waals surface area contributed by atoms with Gasteiger partial charge in [-0.25, -0.2) is 4.39 Å². The van der Waals surface area contributed by atoms with Crippen LogP contribution in [0, 0.1) is 12.7 Å². The van der Waals surface area contributed by atoms with E-state index in [0.717, 1.165) is 11.3 Å². The fourth-order valence-electron chi connectivity index (χ4n) is 3.26. The van der Waals surface area contributed by atoms with Crippen LogP contribution in [0.5, 0.6) is 11.5 Å². The molecule has 6 nitrogen and oxygen atoms in total. The van der Waals surface area contributed by atoms with Gasteiger partial charge in [-0.3, -0.25) is 9.59 Å². The summed E-state index contributed by atoms with van der Waals surface area (Å²) in [5, 5.41) is 2.66. The highest BCUT2D eigenvalue weighted by Crippen LogP contribution is 2.34. The van der Waals surface area contributed by atoms with E-state index < -0.39 is 11.7 Å². The van der Waals surface area contributed by atoms with Gasteiger partial charge in [0.05, 0.1) is 17.8 Å². The van der Waals surface area contributed by atoms with Crippen LogP contribution in [0.3, 0.4) is 0 Å². The summed E-state index contributed by atoms with van der Waals surface area (Å²) in [5.74, 6) is -0.144. The Morgan fingerprint density at radius 2 is 1.90 bits per heavy atom. The average molecular weight is 420 g/mol. The molecule has 7 heteroatoms. The monoisotopic (exact) mass is 420 g/mol. The first kappa shape index (κ1) is 20.4. The van der Waals surface area contributed by atoms with E-state index in [9.17, 15) is 14.0 Å². The number of nitrogens with one attached hydrogen (secondary N) is 1. The number of hydrogen-bond acceptors (Lipinski definition) is 4. The van der Waals surface area contributed by atoms with Crippen molar-refractivity contribution in [2.45, 2.75) is 6.92 Å². The third-order valence-corrected chi connectivity index (χ3v) is 4.88. The molecule has 158 valence electrons. The first-order chi connectivity index (χ1) is 15.0. The maximum absolute atomic E-state index is 13.8. The number of hydrogen-bond donors (Lipinski definition) is 1. The smallest absolute Gasteiger partial charge is 0.265 e. The van der Waals surface area contributed by atoms with Crippen molar-refractivity contribution in [2.75, 3.05) is 30.0 Å². The summed E-state index contributed by atoms with van der Waals surface area (Å²) in [4.78, 5) is 26.3. The van der Waals surface area contributed by atoms with Crippen LogP contribution in [0.2, 0.25) is 0 Å². The van der Waals surface area contributed by atoms with Gasteiger partial charge in [0.25, 0.3) is 11.8 Å². The summed E-state index contributed by atoms with van der Waals surface area (Å²) in [5.41, 5.74) is 2.12. The molecular weight excluding hydrogens is 399 g/mol. The van der Waals surface area contributed by atoms with Crippen molar-refractivity contribution in [2.24, 2.45) is 0 Å². The molecule has 0 fully saturated rings. The van der Waals surface area contributed by atoms with E-state index in [1.807, 2.05) is 31.2 Å². The predicted molar refractivity (Wildman–Crippen MR) is 115 cm³/mol. The number of ether oxygens (including phenoxy) is 2. The van der Waals surface area contributed by atoms with Crippen LogP contribution in [-0.4, -0.2) is 31.6 Å². The van der Waals surface area contributed by atoms with E-state index in [1.54, 1.807) is 29.2 Å². The molecule has 4 rings (SSSR count). The summed E-state index contributed by atoms with van der Waals surface area (Å²) in [6, 6.07) is 18.4. The van der Waals surface area contributed by atoms with Gasteiger partial charge in [0, 0.05) is 11.8 Å². The number of halogens is 1. The van der Waals surface area contributed by atoms with E-state index in [-0.39, 0.29) is 18.1 Å². The van der Waals surface area contributed by atoms with Gasteiger partial charge in [0.15, 0.2) is 6.61 Å². The third-order valence-electron chi connectivity index (χ3n) is 4.88. The molecule has 0 atom stereocenters. The fraction of sp³-hybridized carbons (Fsp3) is 0.167. The maximum Gasteiger partial charge on any atom is 0.265 e. The zero-order valence-electron chi connectivity index (χ0n) is 16.9. The number of nitrogens with zero attached hydrogens (tertiary/aromatic N) is 1. The van der Waals surface area contributed by atoms with Crippen LogP contribution in [0.4, 0.5) is 15.8 Å². The van der Waals surface area contributed by atoms with Gasteiger partial charge in [-0.05, 0) is 43.3 Å². The minimum atomic E-state index is -0.598. The van der Waals surface area contributed by atoms with Crippen molar-refractivity contribution < 1.29 is 23.5 Å². The number of fused-ring (bicyclic) bond motifs is 1. The zero-order valence-corrected chi connectivity index (χ0v) is 16.9. The molecule has 0 saturated heterocycles. The molecule has 3 aromatic rings. The summed E-state index contributed by atoms with van der Waals surface area (Å²) in [7, 11) is 0.